The summed E-state index contributed by atoms with van der Waals surface area (Å²) in [6.45, 7) is 1.23. The monoisotopic (exact) mass is 302 g/mol. The van der Waals surface area contributed by atoms with E-state index in [-0.39, 0.29) is 17.7 Å². The molecule has 1 aliphatic heterocycles. The topological polar surface area (TPSA) is 72.6 Å². The summed E-state index contributed by atoms with van der Waals surface area (Å²) in [7, 11) is 1.64. The SMILES string of the molecule is COc1ccccc1C1(C(=O)N2CCC(C(N)=O)CC2)CC1. The average molecular weight is 302 g/mol. The highest BCUT2D eigenvalue weighted by atomic mass is 16.5. The molecular weight excluding hydrogens is 280 g/mol. The molecular formula is C17H22N2O3. The Morgan fingerprint density at radius 2 is 1.86 bits per heavy atom. The molecule has 1 aliphatic carbocycles. The molecule has 0 aromatic heterocycles. The minimum absolute atomic E-state index is 0.0922. The summed E-state index contributed by atoms with van der Waals surface area (Å²) >= 11 is 0. The zero-order chi connectivity index (χ0) is 15.7. The molecule has 22 heavy (non-hydrogen) atoms. The molecule has 0 bridgehead atoms. The summed E-state index contributed by atoms with van der Waals surface area (Å²) in [5.41, 5.74) is 5.92. The van der Waals surface area contributed by atoms with E-state index in [1.165, 1.54) is 0 Å². The van der Waals surface area contributed by atoms with Crippen LogP contribution < -0.4 is 10.5 Å². The van der Waals surface area contributed by atoms with Crippen molar-refractivity contribution in [1.82, 2.24) is 4.90 Å². The van der Waals surface area contributed by atoms with Crippen molar-refractivity contribution in [3.63, 3.8) is 0 Å². The van der Waals surface area contributed by atoms with Gasteiger partial charge in [-0.15, -0.1) is 0 Å². The summed E-state index contributed by atoms with van der Waals surface area (Å²) < 4.78 is 5.43. The Morgan fingerprint density at radius 3 is 2.41 bits per heavy atom. The van der Waals surface area contributed by atoms with Gasteiger partial charge >= 0.3 is 0 Å². The van der Waals surface area contributed by atoms with Crippen molar-refractivity contribution in [3.8, 4) is 5.75 Å². The van der Waals surface area contributed by atoms with Gasteiger partial charge in [0.15, 0.2) is 0 Å². The number of carbonyl (C=O) groups is 2. The molecule has 1 aromatic rings. The van der Waals surface area contributed by atoms with E-state index in [0.717, 1.165) is 24.2 Å². The Bertz CT molecular complexity index is 587. The Labute approximate surface area is 130 Å². The molecule has 3 rings (SSSR count). The van der Waals surface area contributed by atoms with Crippen molar-refractivity contribution in [2.45, 2.75) is 31.1 Å². The van der Waals surface area contributed by atoms with Crippen LogP contribution in [0.5, 0.6) is 5.75 Å². The molecule has 2 amide bonds. The third-order valence-corrected chi connectivity index (χ3v) is 4.97. The molecule has 0 unspecified atom stereocenters. The molecule has 1 saturated heterocycles. The number of methoxy groups -OCH3 is 1. The Balaban J connectivity index is 1.76. The van der Waals surface area contributed by atoms with E-state index >= 15 is 0 Å². The highest BCUT2D eigenvalue weighted by molar-refractivity contribution is 5.92. The number of primary amides is 1. The lowest BCUT2D eigenvalue weighted by molar-refractivity contribution is -0.137. The lowest BCUT2D eigenvalue weighted by atomic mass is 9.90. The van der Waals surface area contributed by atoms with Crippen LogP contribution in [0.1, 0.15) is 31.2 Å². The fourth-order valence-corrected chi connectivity index (χ4v) is 3.43. The highest BCUT2D eigenvalue weighted by Crippen LogP contribution is 2.52. The molecule has 2 aliphatic rings. The second-order valence-electron chi connectivity index (χ2n) is 6.25. The number of likely N-dealkylation sites (tertiary alicyclic amines) is 1. The lowest BCUT2D eigenvalue weighted by Gasteiger charge is -2.33. The molecule has 1 saturated carbocycles. The number of ether oxygens (including phenoxy) is 1. The second-order valence-corrected chi connectivity index (χ2v) is 6.25. The summed E-state index contributed by atoms with van der Waals surface area (Å²) in [6.07, 6.45) is 3.07. The number of piperidine rings is 1. The van der Waals surface area contributed by atoms with Gasteiger partial charge in [0.05, 0.1) is 12.5 Å². The van der Waals surface area contributed by atoms with Gasteiger partial charge in [-0.25, -0.2) is 0 Å². The number of hydrogen-bond donors (Lipinski definition) is 1. The first kappa shape index (κ1) is 14.9. The summed E-state index contributed by atoms with van der Waals surface area (Å²) in [5.74, 6) is 0.601. The predicted molar refractivity (Wildman–Crippen MR) is 82.4 cm³/mol. The molecule has 118 valence electrons. The summed E-state index contributed by atoms with van der Waals surface area (Å²) in [6, 6.07) is 7.76. The van der Waals surface area contributed by atoms with Gasteiger partial charge in [0.1, 0.15) is 5.75 Å². The average Bonchev–Trinajstić information content (AvgIpc) is 3.36. The first-order valence-electron chi connectivity index (χ1n) is 7.80. The van der Waals surface area contributed by atoms with Crippen molar-refractivity contribution >= 4 is 11.8 Å². The first-order valence-corrected chi connectivity index (χ1v) is 7.80. The maximum atomic E-state index is 13.0. The van der Waals surface area contributed by atoms with Crippen LogP contribution in [0.15, 0.2) is 24.3 Å². The van der Waals surface area contributed by atoms with E-state index in [1.54, 1.807) is 7.11 Å². The normalized spacial score (nSPS) is 20.5. The Morgan fingerprint density at radius 1 is 1.23 bits per heavy atom. The quantitative estimate of drug-likeness (QED) is 0.915. The fraction of sp³-hybridized carbons (Fsp3) is 0.529. The number of nitrogens with two attached hydrogens (primary N) is 1. The Kier molecular flexibility index (Phi) is 3.81. The second kappa shape index (κ2) is 5.63. The number of rotatable bonds is 4. The molecule has 1 aromatic carbocycles. The smallest absolute Gasteiger partial charge is 0.233 e. The van der Waals surface area contributed by atoms with E-state index in [2.05, 4.69) is 0 Å². The van der Waals surface area contributed by atoms with Crippen LogP contribution in [-0.2, 0) is 15.0 Å². The number of hydrogen-bond acceptors (Lipinski definition) is 3. The van der Waals surface area contributed by atoms with Gasteiger partial charge in [0.25, 0.3) is 0 Å². The number of carbonyl (C=O) groups excluding carboxylic acids is 2. The van der Waals surface area contributed by atoms with Crippen LogP contribution in [-0.4, -0.2) is 36.9 Å². The molecule has 2 fully saturated rings. The number of para-hydroxylation sites is 1. The lowest BCUT2D eigenvalue weighted by Crippen LogP contribution is -2.46. The summed E-state index contributed by atoms with van der Waals surface area (Å²) in [4.78, 5) is 26.1. The maximum Gasteiger partial charge on any atom is 0.233 e. The molecule has 1 heterocycles. The van der Waals surface area contributed by atoms with Gasteiger partial charge in [0.2, 0.25) is 11.8 Å². The molecule has 0 spiro atoms. The van der Waals surface area contributed by atoms with Crippen molar-refractivity contribution < 1.29 is 14.3 Å². The van der Waals surface area contributed by atoms with Crippen LogP contribution in [0.25, 0.3) is 0 Å². The van der Waals surface area contributed by atoms with Crippen molar-refractivity contribution in [2.24, 2.45) is 11.7 Å². The van der Waals surface area contributed by atoms with Gasteiger partial charge in [-0.1, -0.05) is 18.2 Å². The van der Waals surface area contributed by atoms with E-state index in [0.29, 0.717) is 25.9 Å². The van der Waals surface area contributed by atoms with E-state index in [9.17, 15) is 9.59 Å². The number of nitrogens with zero attached hydrogens (tertiary/aromatic N) is 1. The van der Waals surface area contributed by atoms with Gasteiger partial charge in [-0.05, 0) is 31.7 Å². The maximum absolute atomic E-state index is 13.0. The molecule has 2 N–H and O–H groups in total. The number of benzene rings is 1. The number of amides is 2. The van der Waals surface area contributed by atoms with E-state index in [4.69, 9.17) is 10.5 Å². The minimum Gasteiger partial charge on any atom is -0.496 e. The van der Waals surface area contributed by atoms with Crippen LogP contribution in [0.2, 0.25) is 0 Å². The van der Waals surface area contributed by atoms with E-state index in [1.807, 2.05) is 29.2 Å². The van der Waals surface area contributed by atoms with Crippen LogP contribution >= 0.6 is 0 Å². The zero-order valence-electron chi connectivity index (χ0n) is 12.9. The third kappa shape index (κ3) is 2.45. The molecule has 5 heteroatoms. The van der Waals surface area contributed by atoms with Crippen LogP contribution in [0, 0.1) is 5.92 Å². The Hall–Kier alpha value is -2.04. The molecule has 5 nitrogen and oxygen atoms in total. The van der Waals surface area contributed by atoms with Gasteiger partial charge in [-0.3, -0.25) is 9.59 Å². The predicted octanol–water partition coefficient (Wildman–Crippen LogP) is 1.45. The summed E-state index contributed by atoms with van der Waals surface area (Å²) in [5, 5.41) is 0. The standard InChI is InChI=1S/C17H22N2O3/c1-22-14-5-3-2-4-13(14)17(8-9-17)16(21)19-10-6-12(7-11-19)15(18)20/h2-5,12H,6-11H2,1H3,(H2,18,20). The minimum atomic E-state index is -0.424. The van der Waals surface area contributed by atoms with Gasteiger partial charge < -0.3 is 15.4 Å². The van der Waals surface area contributed by atoms with Crippen LogP contribution in [0.3, 0.4) is 0 Å². The zero-order valence-corrected chi connectivity index (χ0v) is 12.9. The third-order valence-electron chi connectivity index (χ3n) is 4.97. The van der Waals surface area contributed by atoms with Crippen molar-refractivity contribution in [3.05, 3.63) is 29.8 Å². The largest absolute Gasteiger partial charge is 0.496 e. The van der Waals surface area contributed by atoms with Crippen molar-refractivity contribution in [2.75, 3.05) is 20.2 Å². The molecule has 0 atom stereocenters. The van der Waals surface area contributed by atoms with Crippen LogP contribution in [0.4, 0.5) is 0 Å². The van der Waals surface area contributed by atoms with Gasteiger partial charge in [0, 0.05) is 24.6 Å². The highest BCUT2D eigenvalue weighted by Gasteiger charge is 2.54. The van der Waals surface area contributed by atoms with E-state index < -0.39 is 5.41 Å². The first-order chi connectivity index (χ1) is 10.6. The van der Waals surface area contributed by atoms with Gasteiger partial charge in [-0.2, -0.15) is 0 Å². The molecule has 0 radical (unpaired) electrons. The van der Waals surface area contributed by atoms with Crippen molar-refractivity contribution in [1.29, 1.82) is 0 Å². The fourth-order valence-electron chi connectivity index (χ4n) is 3.43.